The molecule has 0 unspecified atom stereocenters. The lowest BCUT2D eigenvalue weighted by molar-refractivity contribution is -0.198. The third-order valence-corrected chi connectivity index (χ3v) is 6.81. The molecule has 0 aliphatic carbocycles. The van der Waals surface area contributed by atoms with Crippen molar-refractivity contribution in [3.63, 3.8) is 0 Å². The number of carbonyl (C=O) groups is 1. The van der Waals surface area contributed by atoms with Crippen LogP contribution in [0.4, 0.5) is 10.6 Å². The molecule has 3 N–H and O–H groups in total. The Kier molecular flexibility index (Phi) is 7.48. The number of anilines is 1. The van der Waals surface area contributed by atoms with Crippen LogP contribution in [0.2, 0.25) is 0 Å². The minimum absolute atomic E-state index is 0.204. The van der Waals surface area contributed by atoms with Crippen LogP contribution in [0.1, 0.15) is 39.5 Å². The van der Waals surface area contributed by atoms with Gasteiger partial charge in [-0.2, -0.15) is 0 Å². The number of carbonyl (C=O) groups excluding carboxylic acids is 1. The Bertz CT molecular complexity index is 1250. The first-order valence-electron chi connectivity index (χ1n) is 12.8. The minimum atomic E-state index is -0.757. The second kappa shape index (κ2) is 10.8. The van der Waals surface area contributed by atoms with E-state index in [0.717, 1.165) is 5.56 Å². The Morgan fingerprint density at radius 3 is 2.71 bits per heavy atom. The van der Waals surface area contributed by atoms with Gasteiger partial charge in [0.1, 0.15) is 36.8 Å². The summed E-state index contributed by atoms with van der Waals surface area (Å²) in [6.07, 6.45) is 1.19. The molecule has 1 aromatic carbocycles. The van der Waals surface area contributed by atoms with Gasteiger partial charge in [-0.15, -0.1) is 0 Å². The number of hydrogen-bond acceptors (Lipinski definition) is 10. The number of imidazole rings is 1. The molecule has 12 heteroatoms. The Balaban J connectivity index is 1.23. The second-order valence-corrected chi connectivity index (χ2v) is 10.3. The van der Waals surface area contributed by atoms with E-state index in [1.807, 2.05) is 48.7 Å². The summed E-state index contributed by atoms with van der Waals surface area (Å²) in [5.41, 5.74) is 8.03. The normalized spacial score (nSPS) is 24.3. The van der Waals surface area contributed by atoms with Crippen molar-refractivity contribution >= 4 is 23.1 Å². The third kappa shape index (κ3) is 5.58. The molecular weight excluding hydrogens is 490 g/mol. The molecule has 0 spiro atoms. The maximum atomic E-state index is 12.2. The van der Waals surface area contributed by atoms with E-state index < -0.39 is 18.1 Å². The van der Waals surface area contributed by atoms with Gasteiger partial charge in [-0.05, 0) is 33.3 Å². The molecule has 2 fully saturated rings. The van der Waals surface area contributed by atoms with E-state index in [4.69, 9.17) is 24.7 Å². The standard InChI is InChI=1S/C26H35N7O5/c1-16(2)32(11-10-28-25(34)35-13-17-8-6-5-7-9-17)12-18-20-21(38-26(3,4)37-20)24(36-18)33-15-31-19-22(27)29-14-30-23(19)33/h5-9,14-16,18,20-21,24H,10-13H2,1-4H3,(H,28,34)(H2,27,29,30)/t18-,20-,21-,24-/m1/s1. The topological polar surface area (TPSA) is 139 Å². The molecule has 5 rings (SSSR count). The molecule has 4 atom stereocenters. The van der Waals surface area contributed by atoms with Gasteiger partial charge < -0.3 is 30.0 Å². The highest BCUT2D eigenvalue weighted by molar-refractivity contribution is 5.81. The number of nitrogens with one attached hydrogen (secondary N) is 1. The fourth-order valence-electron chi connectivity index (χ4n) is 4.95. The lowest BCUT2D eigenvalue weighted by Gasteiger charge is -2.31. The van der Waals surface area contributed by atoms with Crippen molar-refractivity contribution in [2.75, 3.05) is 25.4 Å². The Hall–Kier alpha value is -3.32. The van der Waals surface area contributed by atoms with Gasteiger partial charge in [0.05, 0.1) is 6.33 Å². The number of fused-ring (bicyclic) bond motifs is 2. The van der Waals surface area contributed by atoms with Crippen LogP contribution >= 0.6 is 0 Å². The highest BCUT2D eigenvalue weighted by Gasteiger charge is 2.56. The molecule has 3 aromatic rings. The maximum Gasteiger partial charge on any atom is 0.407 e. The molecule has 0 radical (unpaired) electrons. The molecule has 2 saturated heterocycles. The zero-order valence-electron chi connectivity index (χ0n) is 22.1. The van der Waals surface area contributed by atoms with Gasteiger partial charge in [0.25, 0.3) is 0 Å². The number of nitrogens with two attached hydrogens (primary N) is 1. The van der Waals surface area contributed by atoms with Gasteiger partial charge in [0.15, 0.2) is 23.5 Å². The second-order valence-electron chi connectivity index (χ2n) is 10.3. The van der Waals surface area contributed by atoms with Crippen molar-refractivity contribution < 1.29 is 23.7 Å². The quantitative estimate of drug-likeness (QED) is 0.428. The maximum absolute atomic E-state index is 12.2. The Labute approximate surface area is 221 Å². The van der Waals surface area contributed by atoms with Gasteiger partial charge in [0.2, 0.25) is 0 Å². The van der Waals surface area contributed by atoms with Gasteiger partial charge in [0, 0.05) is 25.7 Å². The van der Waals surface area contributed by atoms with Gasteiger partial charge in [-0.1, -0.05) is 30.3 Å². The van der Waals surface area contributed by atoms with E-state index in [-0.39, 0.29) is 31.0 Å². The van der Waals surface area contributed by atoms with Crippen LogP contribution in [0, 0.1) is 0 Å². The smallest absolute Gasteiger partial charge is 0.407 e. The molecule has 2 aliphatic rings. The number of rotatable bonds is 9. The molecule has 204 valence electrons. The Morgan fingerprint density at radius 1 is 1.18 bits per heavy atom. The van der Waals surface area contributed by atoms with E-state index in [2.05, 4.69) is 39.0 Å². The summed E-state index contributed by atoms with van der Waals surface area (Å²) in [5, 5.41) is 2.84. The van der Waals surface area contributed by atoms with E-state index in [1.165, 1.54) is 6.33 Å². The molecule has 38 heavy (non-hydrogen) atoms. The highest BCUT2D eigenvalue weighted by atomic mass is 16.8. The largest absolute Gasteiger partial charge is 0.445 e. The van der Waals surface area contributed by atoms with E-state index in [0.29, 0.717) is 36.6 Å². The van der Waals surface area contributed by atoms with E-state index >= 15 is 0 Å². The summed E-state index contributed by atoms with van der Waals surface area (Å²) in [6.45, 7) is 9.87. The summed E-state index contributed by atoms with van der Waals surface area (Å²) in [4.78, 5) is 27.2. The van der Waals surface area contributed by atoms with Crippen LogP contribution in [0.15, 0.2) is 43.0 Å². The highest BCUT2D eigenvalue weighted by Crippen LogP contribution is 2.44. The monoisotopic (exact) mass is 525 g/mol. The van der Waals surface area contributed by atoms with Crippen molar-refractivity contribution in [2.45, 2.75) is 70.7 Å². The van der Waals surface area contributed by atoms with Crippen molar-refractivity contribution in [1.29, 1.82) is 0 Å². The number of alkyl carbamates (subject to hydrolysis) is 1. The molecule has 2 aromatic heterocycles. The first kappa shape index (κ1) is 26.3. The summed E-state index contributed by atoms with van der Waals surface area (Å²) < 4.78 is 26.3. The fraction of sp³-hybridized carbons (Fsp3) is 0.538. The number of benzene rings is 1. The first-order valence-corrected chi connectivity index (χ1v) is 12.8. The number of hydrogen-bond donors (Lipinski definition) is 2. The molecule has 1 amide bonds. The van der Waals surface area contributed by atoms with Crippen molar-refractivity contribution in [3.8, 4) is 0 Å². The van der Waals surface area contributed by atoms with Crippen LogP contribution in [-0.4, -0.2) is 80.3 Å². The molecule has 2 aliphatic heterocycles. The average molecular weight is 526 g/mol. The first-order chi connectivity index (χ1) is 18.2. The number of amides is 1. The summed E-state index contributed by atoms with van der Waals surface area (Å²) in [5.74, 6) is -0.447. The van der Waals surface area contributed by atoms with Crippen LogP contribution < -0.4 is 11.1 Å². The molecular formula is C26H35N7O5. The Morgan fingerprint density at radius 2 is 1.95 bits per heavy atom. The van der Waals surface area contributed by atoms with Gasteiger partial charge in [-0.3, -0.25) is 9.47 Å². The van der Waals surface area contributed by atoms with Crippen LogP contribution in [0.25, 0.3) is 11.2 Å². The SMILES string of the molecule is CC(C)N(CCNC(=O)OCc1ccccc1)C[C@H]1O[C@@H](n2cnc3c(N)ncnc32)[C@@H]2OC(C)(C)O[C@@H]21. The lowest BCUT2D eigenvalue weighted by atomic mass is 10.1. The predicted octanol–water partition coefficient (Wildman–Crippen LogP) is 2.46. The predicted molar refractivity (Wildman–Crippen MR) is 139 cm³/mol. The lowest BCUT2D eigenvalue weighted by Crippen LogP contribution is -2.45. The molecule has 0 saturated carbocycles. The number of ether oxygens (including phenoxy) is 4. The average Bonchev–Trinajstić information content (AvgIpc) is 3.54. The van der Waals surface area contributed by atoms with Crippen LogP contribution in [-0.2, 0) is 25.6 Å². The van der Waals surface area contributed by atoms with Crippen molar-refractivity contribution in [1.82, 2.24) is 29.7 Å². The zero-order chi connectivity index (χ0) is 26.9. The van der Waals surface area contributed by atoms with Gasteiger partial charge in [-0.25, -0.2) is 19.7 Å². The molecule has 4 heterocycles. The summed E-state index contributed by atoms with van der Waals surface area (Å²) in [6, 6.07) is 9.79. The summed E-state index contributed by atoms with van der Waals surface area (Å²) >= 11 is 0. The minimum Gasteiger partial charge on any atom is -0.445 e. The van der Waals surface area contributed by atoms with Crippen LogP contribution in [0.5, 0.6) is 0 Å². The zero-order valence-corrected chi connectivity index (χ0v) is 22.1. The third-order valence-electron chi connectivity index (χ3n) is 6.81. The number of nitrogen functional groups attached to an aromatic ring is 1. The van der Waals surface area contributed by atoms with E-state index in [1.54, 1.807) is 6.33 Å². The summed E-state index contributed by atoms with van der Waals surface area (Å²) in [7, 11) is 0. The number of nitrogens with zero attached hydrogens (tertiary/aromatic N) is 5. The molecule has 12 nitrogen and oxygen atoms in total. The fourth-order valence-corrected chi connectivity index (χ4v) is 4.95. The molecule has 0 bridgehead atoms. The number of aromatic nitrogens is 4. The van der Waals surface area contributed by atoms with Crippen molar-refractivity contribution in [3.05, 3.63) is 48.5 Å². The van der Waals surface area contributed by atoms with Crippen LogP contribution in [0.3, 0.4) is 0 Å². The van der Waals surface area contributed by atoms with Gasteiger partial charge >= 0.3 is 6.09 Å². The van der Waals surface area contributed by atoms with E-state index in [9.17, 15) is 4.79 Å². The van der Waals surface area contributed by atoms with Crippen molar-refractivity contribution in [2.24, 2.45) is 0 Å².